The lowest BCUT2D eigenvalue weighted by Crippen LogP contribution is -2.42. The summed E-state index contributed by atoms with van der Waals surface area (Å²) in [5, 5.41) is 14.6. The zero-order valence-electron chi connectivity index (χ0n) is 14.7. The minimum atomic E-state index is -0.956. The smallest absolute Gasteiger partial charge is 0.259 e. The highest BCUT2D eigenvalue weighted by atomic mass is 16.5. The fraction of sp³-hybridized carbons (Fsp3) is 0.588. The van der Waals surface area contributed by atoms with Crippen molar-refractivity contribution in [3.8, 4) is 0 Å². The molecule has 0 saturated heterocycles. The highest BCUT2D eigenvalue weighted by Crippen LogP contribution is 2.26. The number of aryl methyl sites for hydroxylation is 1. The molecule has 2 aromatic heterocycles. The van der Waals surface area contributed by atoms with E-state index in [2.05, 4.69) is 10.1 Å². The van der Waals surface area contributed by atoms with Gasteiger partial charge in [0.05, 0.1) is 22.2 Å². The first kappa shape index (κ1) is 17.4. The van der Waals surface area contributed by atoms with Crippen molar-refractivity contribution in [1.82, 2.24) is 15.0 Å². The van der Waals surface area contributed by atoms with Crippen molar-refractivity contribution in [1.29, 1.82) is 0 Å². The standard InChI is InChI=1S/C17H25N3O3/c1-7-20(9-17(5,6)22)16(21)12-8-13(10(2)3)18-15-14(12)11(4)19-23-15/h8,10,22H,7,9H2,1-6H3. The number of carbonyl (C=O) groups is 1. The lowest BCUT2D eigenvalue weighted by Gasteiger charge is -2.28. The largest absolute Gasteiger partial charge is 0.389 e. The molecule has 6 nitrogen and oxygen atoms in total. The van der Waals surface area contributed by atoms with Gasteiger partial charge in [-0.1, -0.05) is 19.0 Å². The molecule has 0 saturated carbocycles. The van der Waals surface area contributed by atoms with Gasteiger partial charge in [-0.25, -0.2) is 4.98 Å². The van der Waals surface area contributed by atoms with Crippen LogP contribution in [0, 0.1) is 6.92 Å². The van der Waals surface area contributed by atoms with Crippen LogP contribution in [0.15, 0.2) is 10.6 Å². The van der Waals surface area contributed by atoms with Gasteiger partial charge in [0.2, 0.25) is 0 Å². The molecule has 0 spiro atoms. The van der Waals surface area contributed by atoms with Crippen molar-refractivity contribution in [2.75, 3.05) is 13.1 Å². The van der Waals surface area contributed by atoms with Gasteiger partial charge in [-0.2, -0.15) is 0 Å². The summed E-state index contributed by atoms with van der Waals surface area (Å²) >= 11 is 0. The van der Waals surface area contributed by atoms with Crippen LogP contribution in [0.2, 0.25) is 0 Å². The van der Waals surface area contributed by atoms with E-state index in [0.717, 1.165) is 5.69 Å². The molecule has 6 heteroatoms. The van der Waals surface area contributed by atoms with E-state index >= 15 is 0 Å². The van der Waals surface area contributed by atoms with Crippen LogP contribution in [0.3, 0.4) is 0 Å². The van der Waals surface area contributed by atoms with Crippen LogP contribution in [0.25, 0.3) is 11.1 Å². The maximum Gasteiger partial charge on any atom is 0.259 e. The van der Waals surface area contributed by atoms with Crippen molar-refractivity contribution < 1.29 is 14.4 Å². The molecule has 2 aromatic rings. The van der Waals surface area contributed by atoms with E-state index in [-0.39, 0.29) is 18.4 Å². The van der Waals surface area contributed by atoms with Gasteiger partial charge in [-0.3, -0.25) is 4.79 Å². The normalized spacial score (nSPS) is 12.2. The van der Waals surface area contributed by atoms with Crippen LogP contribution in [-0.2, 0) is 0 Å². The van der Waals surface area contributed by atoms with Crippen LogP contribution >= 0.6 is 0 Å². The minimum absolute atomic E-state index is 0.143. The lowest BCUT2D eigenvalue weighted by molar-refractivity contribution is 0.0315. The maximum atomic E-state index is 13.0. The molecular formula is C17H25N3O3. The van der Waals surface area contributed by atoms with E-state index in [4.69, 9.17) is 4.52 Å². The van der Waals surface area contributed by atoms with Gasteiger partial charge in [0.25, 0.3) is 11.6 Å². The minimum Gasteiger partial charge on any atom is -0.389 e. The average molecular weight is 319 g/mol. The SMILES string of the molecule is CCN(CC(C)(C)O)C(=O)c1cc(C(C)C)nc2onc(C)c12. The number of hydrogen-bond donors (Lipinski definition) is 1. The average Bonchev–Trinajstić information content (AvgIpc) is 2.83. The Hall–Kier alpha value is -1.95. The van der Waals surface area contributed by atoms with Crippen LogP contribution < -0.4 is 0 Å². The lowest BCUT2D eigenvalue weighted by atomic mass is 10.0. The summed E-state index contributed by atoms with van der Waals surface area (Å²) < 4.78 is 5.26. The summed E-state index contributed by atoms with van der Waals surface area (Å²) in [5.41, 5.74) is 1.39. The van der Waals surface area contributed by atoms with Crippen molar-refractivity contribution in [3.05, 3.63) is 23.0 Å². The Balaban J connectivity index is 2.55. The summed E-state index contributed by atoms with van der Waals surface area (Å²) in [6.07, 6.45) is 0. The molecule has 126 valence electrons. The monoisotopic (exact) mass is 319 g/mol. The van der Waals surface area contributed by atoms with Gasteiger partial charge in [0, 0.05) is 18.8 Å². The molecule has 0 aliphatic rings. The zero-order valence-corrected chi connectivity index (χ0v) is 14.7. The summed E-state index contributed by atoms with van der Waals surface area (Å²) in [4.78, 5) is 19.1. The van der Waals surface area contributed by atoms with Gasteiger partial charge < -0.3 is 14.5 Å². The number of carbonyl (C=O) groups excluding carboxylic acids is 1. The summed E-state index contributed by atoms with van der Waals surface area (Å²) in [6.45, 7) is 11.9. The zero-order chi connectivity index (χ0) is 17.4. The van der Waals surface area contributed by atoms with E-state index in [1.54, 1.807) is 25.7 Å². The molecule has 2 heterocycles. The van der Waals surface area contributed by atoms with E-state index in [1.165, 1.54) is 0 Å². The first-order valence-corrected chi connectivity index (χ1v) is 7.92. The third-order valence-corrected chi connectivity index (χ3v) is 3.71. The molecule has 0 aliphatic heterocycles. The number of likely N-dealkylation sites (N-methyl/N-ethyl adjacent to an activating group) is 1. The number of aliphatic hydroxyl groups is 1. The molecule has 0 atom stereocenters. The maximum absolute atomic E-state index is 13.0. The Bertz CT molecular complexity index is 714. The summed E-state index contributed by atoms with van der Waals surface area (Å²) in [6, 6.07) is 1.81. The Kier molecular flexibility index (Phi) is 4.75. The number of pyridine rings is 1. The topological polar surface area (TPSA) is 79.5 Å². The number of nitrogens with zero attached hydrogens (tertiary/aromatic N) is 3. The van der Waals surface area contributed by atoms with Crippen LogP contribution in [-0.4, -0.2) is 44.7 Å². The van der Waals surface area contributed by atoms with Gasteiger partial charge in [0.1, 0.15) is 0 Å². The van der Waals surface area contributed by atoms with Gasteiger partial charge in [-0.05, 0) is 39.7 Å². The van der Waals surface area contributed by atoms with E-state index in [1.807, 2.05) is 26.8 Å². The molecular weight excluding hydrogens is 294 g/mol. The molecule has 0 fully saturated rings. The fourth-order valence-corrected chi connectivity index (χ4v) is 2.54. The Morgan fingerprint density at radius 3 is 2.61 bits per heavy atom. The van der Waals surface area contributed by atoms with Crippen LogP contribution in [0.5, 0.6) is 0 Å². The second-order valence-electron chi connectivity index (χ2n) is 6.83. The molecule has 2 rings (SSSR count). The Morgan fingerprint density at radius 2 is 2.09 bits per heavy atom. The molecule has 1 amide bonds. The predicted octanol–water partition coefficient (Wildman–Crippen LogP) is 2.89. The number of rotatable bonds is 5. The van der Waals surface area contributed by atoms with Crippen molar-refractivity contribution in [2.24, 2.45) is 0 Å². The highest BCUT2D eigenvalue weighted by Gasteiger charge is 2.26. The molecule has 1 N–H and O–H groups in total. The number of hydrogen-bond acceptors (Lipinski definition) is 5. The third kappa shape index (κ3) is 3.69. The summed E-state index contributed by atoms with van der Waals surface area (Å²) in [7, 11) is 0. The first-order chi connectivity index (χ1) is 10.6. The summed E-state index contributed by atoms with van der Waals surface area (Å²) in [5.74, 6) is 0.0240. The van der Waals surface area contributed by atoms with Gasteiger partial charge in [-0.15, -0.1) is 0 Å². The van der Waals surface area contributed by atoms with Crippen LogP contribution in [0.4, 0.5) is 0 Å². The van der Waals surface area contributed by atoms with Gasteiger partial charge >= 0.3 is 0 Å². The third-order valence-electron chi connectivity index (χ3n) is 3.71. The number of aromatic nitrogens is 2. The molecule has 0 radical (unpaired) electrons. The van der Waals surface area contributed by atoms with E-state index < -0.39 is 5.60 Å². The number of amides is 1. The van der Waals surface area contributed by atoms with Crippen LogP contribution in [0.1, 0.15) is 62.3 Å². The molecule has 23 heavy (non-hydrogen) atoms. The quantitative estimate of drug-likeness (QED) is 0.916. The molecule has 0 aromatic carbocycles. The first-order valence-electron chi connectivity index (χ1n) is 7.92. The second kappa shape index (κ2) is 6.28. The molecule has 0 aliphatic carbocycles. The second-order valence-corrected chi connectivity index (χ2v) is 6.83. The number of fused-ring (bicyclic) bond motifs is 1. The Morgan fingerprint density at radius 1 is 1.43 bits per heavy atom. The van der Waals surface area contributed by atoms with Crippen molar-refractivity contribution >= 4 is 17.0 Å². The predicted molar refractivity (Wildman–Crippen MR) is 88.5 cm³/mol. The van der Waals surface area contributed by atoms with Gasteiger partial charge in [0.15, 0.2) is 0 Å². The molecule has 0 unspecified atom stereocenters. The van der Waals surface area contributed by atoms with Crippen molar-refractivity contribution in [3.63, 3.8) is 0 Å². The van der Waals surface area contributed by atoms with Crippen molar-refractivity contribution in [2.45, 2.75) is 53.1 Å². The van der Waals surface area contributed by atoms with E-state index in [0.29, 0.717) is 28.9 Å². The Labute approximate surface area is 136 Å². The molecule has 0 bridgehead atoms. The van der Waals surface area contributed by atoms with E-state index in [9.17, 15) is 9.90 Å². The fourth-order valence-electron chi connectivity index (χ4n) is 2.54. The highest BCUT2D eigenvalue weighted by molar-refractivity contribution is 6.06.